The van der Waals surface area contributed by atoms with E-state index in [1.165, 1.54) is 0 Å². The molecule has 0 fully saturated rings. The Morgan fingerprint density at radius 3 is 3.05 bits per heavy atom. The lowest BCUT2D eigenvalue weighted by molar-refractivity contribution is -0.116. The first-order valence-corrected chi connectivity index (χ1v) is 6.65. The number of rotatable bonds is 3. The predicted molar refractivity (Wildman–Crippen MR) is 76.7 cm³/mol. The highest BCUT2D eigenvalue weighted by Crippen LogP contribution is 2.27. The summed E-state index contributed by atoms with van der Waals surface area (Å²) in [5.74, 6) is 0.803. The van der Waals surface area contributed by atoms with Crippen molar-refractivity contribution >= 4 is 11.6 Å². The van der Waals surface area contributed by atoms with Gasteiger partial charge in [-0.2, -0.15) is 5.26 Å². The number of nitriles is 1. The van der Waals surface area contributed by atoms with Gasteiger partial charge in [-0.15, -0.1) is 0 Å². The standard InChI is InChI=1S/C16H13N3O2/c17-9-13-7-11(5-6-18-13)10-21-14-2-3-15-12(8-14)1-4-16(20)19-15/h2-3,5-8H,1,4,10H2,(H,19,20). The minimum absolute atomic E-state index is 0.0528. The van der Waals surface area contributed by atoms with Crippen LogP contribution in [0.4, 0.5) is 5.69 Å². The number of nitrogens with one attached hydrogen (secondary N) is 1. The normalized spacial score (nSPS) is 13.0. The SMILES string of the molecule is N#Cc1cc(COc2ccc3c(c2)CCC(=O)N3)ccn1. The van der Waals surface area contributed by atoms with E-state index in [4.69, 9.17) is 10.00 Å². The average Bonchev–Trinajstić information content (AvgIpc) is 2.53. The maximum Gasteiger partial charge on any atom is 0.224 e. The number of carbonyl (C=O) groups excluding carboxylic acids is 1. The van der Waals surface area contributed by atoms with Crippen LogP contribution in [0.1, 0.15) is 23.2 Å². The molecular formula is C16H13N3O2. The molecule has 21 heavy (non-hydrogen) atoms. The van der Waals surface area contributed by atoms with Gasteiger partial charge in [0.25, 0.3) is 0 Å². The monoisotopic (exact) mass is 279 g/mol. The minimum Gasteiger partial charge on any atom is -0.489 e. The second kappa shape index (κ2) is 5.63. The lowest BCUT2D eigenvalue weighted by atomic mass is 10.0. The zero-order chi connectivity index (χ0) is 14.7. The third kappa shape index (κ3) is 3.00. The Kier molecular flexibility index (Phi) is 3.52. The fraction of sp³-hybridized carbons (Fsp3) is 0.188. The van der Waals surface area contributed by atoms with Crippen LogP contribution in [0.25, 0.3) is 0 Å². The summed E-state index contributed by atoms with van der Waals surface area (Å²) in [6, 6.07) is 11.2. The van der Waals surface area contributed by atoms with Gasteiger partial charge in [-0.05, 0) is 47.9 Å². The zero-order valence-corrected chi connectivity index (χ0v) is 11.3. The third-order valence-electron chi connectivity index (χ3n) is 3.32. The van der Waals surface area contributed by atoms with E-state index in [0.717, 1.165) is 29.0 Å². The fourth-order valence-electron chi connectivity index (χ4n) is 2.24. The molecule has 104 valence electrons. The van der Waals surface area contributed by atoms with Crippen molar-refractivity contribution in [2.45, 2.75) is 19.4 Å². The minimum atomic E-state index is 0.0528. The van der Waals surface area contributed by atoms with Crippen molar-refractivity contribution in [1.29, 1.82) is 5.26 Å². The topological polar surface area (TPSA) is 75.0 Å². The lowest BCUT2D eigenvalue weighted by Gasteiger charge is -2.17. The smallest absolute Gasteiger partial charge is 0.224 e. The van der Waals surface area contributed by atoms with E-state index in [9.17, 15) is 4.79 Å². The van der Waals surface area contributed by atoms with Gasteiger partial charge in [-0.3, -0.25) is 4.79 Å². The third-order valence-corrected chi connectivity index (χ3v) is 3.32. The number of aryl methyl sites for hydroxylation is 1. The number of ether oxygens (including phenoxy) is 1. The highest BCUT2D eigenvalue weighted by molar-refractivity contribution is 5.93. The number of amides is 1. The maximum atomic E-state index is 11.3. The number of carbonyl (C=O) groups is 1. The van der Waals surface area contributed by atoms with Crippen LogP contribution < -0.4 is 10.1 Å². The van der Waals surface area contributed by atoms with Gasteiger partial charge in [0, 0.05) is 18.3 Å². The second-order valence-corrected chi connectivity index (χ2v) is 4.82. The van der Waals surface area contributed by atoms with Gasteiger partial charge in [0.05, 0.1) is 0 Å². The van der Waals surface area contributed by atoms with Crippen LogP contribution in [0, 0.1) is 11.3 Å². The number of benzene rings is 1. The molecule has 5 heteroatoms. The van der Waals surface area contributed by atoms with E-state index in [2.05, 4.69) is 10.3 Å². The first kappa shape index (κ1) is 13.1. The maximum absolute atomic E-state index is 11.3. The van der Waals surface area contributed by atoms with Crippen LogP contribution in [0.2, 0.25) is 0 Å². The molecule has 0 atom stereocenters. The molecule has 0 spiro atoms. The first-order chi connectivity index (χ1) is 10.2. The fourth-order valence-corrected chi connectivity index (χ4v) is 2.24. The van der Waals surface area contributed by atoms with E-state index < -0.39 is 0 Å². The van der Waals surface area contributed by atoms with Crippen LogP contribution in [0.3, 0.4) is 0 Å². The number of pyridine rings is 1. The molecule has 1 aromatic heterocycles. The summed E-state index contributed by atoms with van der Waals surface area (Å²) in [7, 11) is 0. The molecule has 0 saturated heterocycles. The molecule has 1 aliphatic rings. The van der Waals surface area contributed by atoms with E-state index in [1.807, 2.05) is 30.3 Å². The molecule has 1 aromatic carbocycles. The molecule has 0 radical (unpaired) electrons. The van der Waals surface area contributed by atoms with Gasteiger partial charge in [0.2, 0.25) is 5.91 Å². The zero-order valence-electron chi connectivity index (χ0n) is 11.3. The Hall–Kier alpha value is -2.87. The molecule has 5 nitrogen and oxygen atoms in total. The molecule has 3 rings (SSSR count). The van der Waals surface area contributed by atoms with Gasteiger partial charge in [-0.25, -0.2) is 4.98 Å². The van der Waals surface area contributed by atoms with Gasteiger partial charge >= 0.3 is 0 Å². The second-order valence-electron chi connectivity index (χ2n) is 4.82. The lowest BCUT2D eigenvalue weighted by Crippen LogP contribution is -2.18. The van der Waals surface area contributed by atoms with Crippen LogP contribution in [0.5, 0.6) is 5.75 Å². The Labute approximate surface area is 122 Å². The molecule has 0 saturated carbocycles. The molecule has 0 aliphatic carbocycles. The van der Waals surface area contributed by atoms with E-state index in [1.54, 1.807) is 12.3 Å². The Bertz CT molecular complexity index is 735. The van der Waals surface area contributed by atoms with Crippen molar-refractivity contribution in [1.82, 2.24) is 4.98 Å². The van der Waals surface area contributed by atoms with Crippen LogP contribution in [-0.4, -0.2) is 10.9 Å². The van der Waals surface area contributed by atoms with Crippen LogP contribution >= 0.6 is 0 Å². The molecule has 1 aliphatic heterocycles. The van der Waals surface area contributed by atoms with Crippen molar-refractivity contribution in [3.63, 3.8) is 0 Å². The number of hydrogen-bond donors (Lipinski definition) is 1. The highest BCUT2D eigenvalue weighted by atomic mass is 16.5. The summed E-state index contributed by atoms with van der Waals surface area (Å²) >= 11 is 0. The Morgan fingerprint density at radius 1 is 1.29 bits per heavy atom. The number of aromatic nitrogens is 1. The number of hydrogen-bond acceptors (Lipinski definition) is 4. The highest BCUT2D eigenvalue weighted by Gasteiger charge is 2.14. The molecule has 2 heterocycles. The summed E-state index contributed by atoms with van der Waals surface area (Å²) in [5, 5.41) is 11.7. The van der Waals surface area contributed by atoms with Crippen LogP contribution in [0.15, 0.2) is 36.5 Å². The van der Waals surface area contributed by atoms with E-state index >= 15 is 0 Å². The van der Waals surface area contributed by atoms with E-state index in [0.29, 0.717) is 18.7 Å². The largest absolute Gasteiger partial charge is 0.489 e. The number of anilines is 1. The predicted octanol–water partition coefficient (Wildman–Crippen LogP) is 2.42. The van der Waals surface area contributed by atoms with Crippen molar-refractivity contribution < 1.29 is 9.53 Å². The number of nitrogens with zero attached hydrogens (tertiary/aromatic N) is 2. The quantitative estimate of drug-likeness (QED) is 0.936. The average molecular weight is 279 g/mol. The summed E-state index contributed by atoms with van der Waals surface area (Å²) < 4.78 is 5.73. The summed E-state index contributed by atoms with van der Waals surface area (Å²) in [5.41, 5.74) is 3.21. The molecule has 1 amide bonds. The van der Waals surface area contributed by atoms with Crippen molar-refractivity contribution in [2.75, 3.05) is 5.32 Å². The molecule has 1 N–H and O–H groups in total. The van der Waals surface area contributed by atoms with Crippen LogP contribution in [-0.2, 0) is 17.8 Å². The summed E-state index contributed by atoms with van der Waals surface area (Å²) in [6.45, 7) is 0.377. The van der Waals surface area contributed by atoms with Gasteiger partial charge < -0.3 is 10.1 Å². The number of fused-ring (bicyclic) bond motifs is 1. The van der Waals surface area contributed by atoms with Crippen molar-refractivity contribution in [3.05, 3.63) is 53.3 Å². The Morgan fingerprint density at radius 2 is 2.19 bits per heavy atom. The molecule has 0 unspecified atom stereocenters. The van der Waals surface area contributed by atoms with Gasteiger partial charge in [0.1, 0.15) is 24.1 Å². The van der Waals surface area contributed by atoms with Crippen molar-refractivity contribution in [3.8, 4) is 11.8 Å². The summed E-state index contributed by atoms with van der Waals surface area (Å²) in [4.78, 5) is 15.2. The molecule has 0 bridgehead atoms. The van der Waals surface area contributed by atoms with E-state index in [-0.39, 0.29) is 5.91 Å². The first-order valence-electron chi connectivity index (χ1n) is 6.65. The molecule has 2 aromatic rings. The van der Waals surface area contributed by atoms with Crippen molar-refractivity contribution in [2.24, 2.45) is 0 Å². The molecular weight excluding hydrogens is 266 g/mol. The summed E-state index contributed by atoms with van der Waals surface area (Å²) in [6.07, 6.45) is 2.83. The van der Waals surface area contributed by atoms with Gasteiger partial charge in [0.15, 0.2) is 0 Å². The Balaban J connectivity index is 1.71. The van der Waals surface area contributed by atoms with Gasteiger partial charge in [-0.1, -0.05) is 0 Å².